The van der Waals surface area contributed by atoms with E-state index < -0.39 is 0 Å². The Hall–Kier alpha value is -2.67. The molecule has 1 aliphatic heterocycles. The molecule has 1 fully saturated rings. The van der Waals surface area contributed by atoms with Crippen LogP contribution in [0.2, 0.25) is 0 Å². The molecule has 0 saturated carbocycles. The van der Waals surface area contributed by atoms with E-state index in [4.69, 9.17) is 4.98 Å². The molecule has 186 valence electrons. The van der Waals surface area contributed by atoms with Crippen LogP contribution in [0.4, 0.5) is 0 Å². The molecule has 0 spiro atoms. The molecule has 1 aliphatic rings. The molecular weight excluding hydrogens is 504 g/mol. The number of rotatable bonds is 10. The van der Waals surface area contributed by atoms with E-state index in [0.717, 1.165) is 72.9 Å². The highest BCUT2D eigenvalue weighted by Gasteiger charge is 2.17. The largest absolute Gasteiger partial charge is 0.352 e. The number of imidazole rings is 1. The van der Waals surface area contributed by atoms with Gasteiger partial charge in [-0.2, -0.15) is 0 Å². The summed E-state index contributed by atoms with van der Waals surface area (Å²) in [4.78, 5) is 32.0. The second kappa shape index (κ2) is 12.9. The van der Waals surface area contributed by atoms with Crippen LogP contribution < -0.4 is 5.32 Å². The Kier molecular flexibility index (Phi) is 9.35. The number of unbranched alkanes of at least 4 members (excludes halogenated alkanes) is 2. The lowest BCUT2D eigenvalue weighted by atomic mass is 10.1. The first-order valence-corrected chi connectivity index (χ1v) is 13.7. The maximum atomic E-state index is 12.9. The maximum absolute atomic E-state index is 12.9. The predicted octanol–water partition coefficient (Wildman–Crippen LogP) is 5.73. The lowest BCUT2D eigenvalue weighted by Gasteiger charge is -2.20. The summed E-state index contributed by atoms with van der Waals surface area (Å²) < 4.78 is 3.20. The van der Waals surface area contributed by atoms with Gasteiger partial charge in [0.25, 0.3) is 5.91 Å². The molecule has 0 aliphatic carbocycles. The minimum atomic E-state index is -0.0339. The maximum Gasteiger partial charge on any atom is 0.251 e. The van der Waals surface area contributed by atoms with Crippen molar-refractivity contribution < 1.29 is 9.59 Å². The van der Waals surface area contributed by atoms with Gasteiger partial charge in [0, 0.05) is 49.1 Å². The van der Waals surface area contributed by atoms with Crippen LogP contribution in [-0.2, 0) is 17.8 Å². The summed E-state index contributed by atoms with van der Waals surface area (Å²) in [7, 11) is 0. The molecule has 4 rings (SSSR count). The second-order valence-corrected chi connectivity index (χ2v) is 10.2. The van der Waals surface area contributed by atoms with Crippen molar-refractivity contribution in [3.05, 3.63) is 64.4 Å². The van der Waals surface area contributed by atoms with Crippen LogP contribution in [0.1, 0.15) is 67.5 Å². The molecule has 3 aromatic rings. The minimum Gasteiger partial charge on any atom is -0.352 e. The van der Waals surface area contributed by atoms with E-state index in [0.29, 0.717) is 25.1 Å². The van der Waals surface area contributed by atoms with E-state index in [1.807, 2.05) is 47.4 Å². The topological polar surface area (TPSA) is 67.2 Å². The highest BCUT2D eigenvalue weighted by atomic mass is 79.9. The number of likely N-dealkylation sites (tertiary alicyclic amines) is 1. The minimum absolute atomic E-state index is 0.0339. The first-order valence-electron chi connectivity index (χ1n) is 12.9. The Bertz CT molecular complexity index is 1120. The number of halogens is 1. The zero-order chi connectivity index (χ0) is 24.5. The summed E-state index contributed by atoms with van der Waals surface area (Å²) >= 11 is 3.39. The number of nitrogens with zero attached hydrogens (tertiary/aromatic N) is 3. The number of nitrogens with one attached hydrogen (secondary N) is 1. The molecule has 2 amide bonds. The van der Waals surface area contributed by atoms with Crippen molar-refractivity contribution in [2.24, 2.45) is 0 Å². The van der Waals surface area contributed by atoms with Gasteiger partial charge in [0.2, 0.25) is 5.91 Å². The molecule has 35 heavy (non-hydrogen) atoms. The number of carbonyl (C=O) groups excluding carboxylic acids is 2. The first-order chi connectivity index (χ1) is 17.1. The number of hydrogen-bond donors (Lipinski definition) is 1. The molecule has 2 aromatic carbocycles. The van der Waals surface area contributed by atoms with Crippen molar-refractivity contribution >= 4 is 38.8 Å². The molecule has 0 radical (unpaired) electrons. The van der Waals surface area contributed by atoms with E-state index >= 15 is 0 Å². The van der Waals surface area contributed by atoms with Gasteiger partial charge in [-0.3, -0.25) is 9.59 Å². The van der Waals surface area contributed by atoms with Crippen LogP contribution in [0.25, 0.3) is 11.0 Å². The van der Waals surface area contributed by atoms with E-state index in [1.54, 1.807) is 0 Å². The Balaban J connectivity index is 1.27. The fourth-order valence-electron chi connectivity index (χ4n) is 4.74. The van der Waals surface area contributed by atoms with Crippen LogP contribution in [0.3, 0.4) is 0 Å². The van der Waals surface area contributed by atoms with Crippen LogP contribution in [0.15, 0.2) is 53.0 Å². The van der Waals surface area contributed by atoms with Gasteiger partial charge < -0.3 is 14.8 Å². The van der Waals surface area contributed by atoms with E-state index in [-0.39, 0.29) is 11.8 Å². The van der Waals surface area contributed by atoms with Crippen molar-refractivity contribution in [2.75, 3.05) is 19.6 Å². The zero-order valence-corrected chi connectivity index (χ0v) is 21.9. The quantitative estimate of drug-likeness (QED) is 0.335. The van der Waals surface area contributed by atoms with Gasteiger partial charge in [0.15, 0.2) is 0 Å². The van der Waals surface area contributed by atoms with Gasteiger partial charge in [-0.05, 0) is 62.1 Å². The van der Waals surface area contributed by atoms with E-state index in [9.17, 15) is 9.59 Å². The number of para-hydroxylation sites is 2. The van der Waals surface area contributed by atoms with Gasteiger partial charge >= 0.3 is 0 Å². The van der Waals surface area contributed by atoms with Crippen molar-refractivity contribution in [1.29, 1.82) is 0 Å². The van der Waals surface area contributed by atoms with Gasteiger partial charge in [-0.15, -0.1) is 0 Å². The third-order valence-corrected chi connectivity index (χ3v) is 7.24. The van der Waals surface area contributed by atoms with Crippen molar-refractivity contribution in [3.8, 4) is 0 Å². The SMILES string of the molecule is O=C(NCCCCCc1nc2ccccc2n1CCC(=O)N1CCCCCC1)c1ccc(Br)cc1. The molecule has 6 nitrogen and oxygen atoms in total. The number of amides is 2. The number of aryl methyl sites for hydroxylation is 2. The van der Waals surface area contributed by atoms with Crippen LogP contribution in [0.5, 0.6) is 0 Å². The first kappa shape index (κ1) is 25.4. The number of fused-ring (bicyclic) bond motifs is 1. The van der Waals surface area contributed by atoms with Crippen molar-refractivity contribution in [1.82, 2.24) is 19.8 Å². The van der Waals surface area contributed by atoms with Crippen LogP contribution >= 0.6 is 15.9 Å². The van der Waals surface area contributed by atoms with Gasteiger partial charge in [0.05, 0.1) is 11.0 Å². The Morgan fingerprint density at radius 3 is 2.43 bits per heavy atom. The summed E-state index contributed by atoms with van der Waals surface area (Å²) in [6, 6.07) is 15.6. The molecule has 0 atom stereocenters. The van der Waals surface area contributed by atoms with Crippen LogP contribution in [0, 0.1) is 0 Å². The lowest BCUT2D eigenvalue weighted by molar-refractivity contribution is -0.131. The van der Waals surface area contributed by atoms with Crippen molar-refractivity contribution in [2.45, 2.75) is 64.3 Å². The second-order valence-electron chi connectivity index (χ2n) is 9.29. The van der Waals surface area contributed by atoms with Gasteiger partial charge in [0.1, 0.15) is 5.82 Å². The highest BCUT2D eigenvalue weighted by molar-refractivity contribution is 9.10. The number of benzene rings is 2. The Labute approximate surface area is 216 Å². The fraction of sp³-hybridized carbons (Fsp3) is 0.464. The molecule has 0 unspecified atom stereocenters. The smallest absolute Gasteiger partial charge is 0.251 e. The molecule has 1 N–H and O–H groups in total. The lowest BCUT2D eigenvalue weighted by Crippen LogP contribution is -2.32. The fourth-order valence-corrected chi connectivity index (χ4v) is 5.01. The molecule has 2 heterocycles. The molecular formula is C28H35BrN4O2. The standard InChI is InChI=1S/C28H35BrN4O2/c29-23-15-13-22(14-16-23)28(35)30-18-7-3-4-12-26-31-24-10-5-6-11-25(24)33(26)21-17-27(34)32-19-8-1-2-9-20-32/h5-6,10-11,13-16H,1-4,7-9,12,17-21H2,(H,30,35). The van der Waals surface area contributed by atoms with Crippen LogP contribution in [-0.4, -0.2) is 45.9 Å². The van der Waals surface area contributed by atoms with E-state index in [1.165, 1.54) is 12.8 Å². The third-order valence-electron chi connectivity index (χ3n) is 6.71. The highest BCUT2D eigenvalue weighted by Crippen LogP contribution is 2.19. The molecule has 1 aromatic heterocycles. The molecule has 1 saturated heterocycles. The van der Waals surface area contributed by atoms with Gasteiger partial charge in [-0.1, -0.05) is 47.3 Å². The number of aromatic nitrogens is 2. The van der Waals surface area contributed by atoms with Crippen molar-refractivity contribution in [3.63, 3.8) is 0 Å². The summed E-state index contributed by atoms with van der Waals surface area (Å²) in [5.41, 5.74) is 2.77. The number of hydrogen-bond acceptors (Lipinski definition) is 3. The third kappa shape index (κ3) is 7.17. The molecule has 7 heteroatoms. The Morgan fingerprint density at radius 2 is 1.66 bits per heavy atom. The number of carbonyl (C=O) groups is 2. The summed E-state index contributed by atoms with van der Waals surface area (Å²) in [6.07, 6.45) is 9.03. The average molecular weight is 540 g/mol. The average Bonchev–Trinajstić information content (AvgIpc) is 3.02. The van der Waals surface area contributed by atoms with E-state index in [2.05, 4.69) is 31.9 Å². The zero-order valence-electron chi connectivity index (χ0n) is 20.3. The Morgan fingerprint density at radius 1 is 0.914 bits per heavy atom. The summed E-state index contributed by atoms with van der Waals surface area (Å²) in [5.74, 6) is 1.28. The summed E-state index contributed by atoms with van der Waals surface area (Å²) in [5, 5.41) is 3.00. The predicted molar refractivity (Wildman–Crippen MR) is 143 cm³/mol. The van der Waals surface area contributed by atoms with Gasteiger partial charge in [-0.25, -0.2) is 4.98 Å². The summed E-state index contributed by atoms with van der Waals surface area (Å²) in [6.45, 7) is 3.13. The normalized spacial score (nSPS) is 14.1. The monoisotopic (exact) mass is 538 g/mol. The molecule has 0 bridgehead atoms.